The van der Waals surface area contributed by atoms with Crippen molar-refractivity contribution in [3.05, 3.63) is 29.6 Å². The summed E-state index contributed by atoms with van der Waals surface area (Å²) in [6.07, 6.45) is 1.78. The molecule has 1 aromatic carbocycles. The molecule has 0 heterocycles. The van der Waals surface area contributed by atoms with Crippen molar-refractivity contribution >= 4 is 5.69 Å². The van der Waals surface area contributed by atoms with E-state index in [-0.39, 0.29) is 5.82 Å². The van der Waals surface area contributed by atoms with Gasteiger partial charge in [-0.3, -0.25) is 0 Å². The Hall–Kier alpha value is -1.09. The first-order valence-electron chi connectivity index (χ1n) is 6.35. The third kappa shape index (κ3) is 2.78. The lowest BCUT2D eigenvalue weighted by Crippen LogP contribution is -2.27. The van der Waals surface area contributed by atoms with Crippen LogP contribution in [0.1, 0.15) is 38.4 Å². The number of aliphatic hydroxyl groups is 1. The topological polar surface area (TPSA) is 23.5 Å². The van der Waals surface area contributed by atoms with Gasteiger partial charge in [0, 0.05) is 24.3 Å². The highest BCUT2D eigenvalue weighted by Crippen LogP contribution is 2.34. The van der Waals surface area contributed by atoms with E-state index in [9.17, 15) is 9.50 Å². The van der Waals surface area contributed by atoms with Gasteiger partial charge in [-0.05, 0) is 44.7 Å². The van der Waals surface area contributed by atoms with Gasteiger partial charge in [0.2, 0.25) is 0 Å². The molecule has 17 heavy (non-hydrogen) atoms. The fraction of sp³-hybridized carbons (Fsp3) is 0.571. The van der Waals surface area contributed by atoms with E-state index in [0.717, 1.165) is 24.7 Å². The SMILES string of the molecule is CCN(CC1CC1)c1cccc(F)c1[C@@H](C)O. The number of hydrogen-bond acceptors (Lipinski definition) is 2. The van der Waals surface area contributed by atoms with Crippen LogP contribution in [0.2, 0.25) is 0 Å². The number of hydrogen-bond donors (Lipinski definition) is 1. The van der Waals surface area contributed by atoms with Gasteiger partial charge in [-0.2, -0.15) is 0 Å². The maximum Gasteiger partial charge on any atom is 0.131 e. The van der Waals surface area contributed by atoms with Crippen LogP contribution in [-0.2, 0) is 0 Å². The molecule has 0 unspecified atom stereocenters. The standard InChI is InChI=1S/C14H20FNO/c1-3-16(9-11-7-8-11)13-6-4-5-12(15)14(13)10(2)17/h4-6,10-11,17H,3,7-9H2,1-2H3/t10-/m1/s1. The van der Waals surface area contributed by atoms with Gasteiger partial charge < -0.3 is 10.0 Å². The summed E-state index contributed by atoms with van der Waals surface area (Å²) >= 11 is 0. The molecule has 1 fully saturated rings. The van der Waals surface area contributed by atoms with Crippen LogP contribution < -0.4 is 4.90 Å². The van der Waals surface area contributed by atoms with E-state index in [4.69, 9.17) is 0 Å². The summed E-state index contributed by atoms with van der Waals surface area (Å²) in [6.45, 7) is 5.51. The van der Waals surface area contributed by atoms with Crippen LogP contribution in [0.15, 0.2) is 18.2 Å². The molecule has 1 atom stereocenters. The highest BCUT2D eigenvalue weighted by atomic mass is 19.1. The van der Waals surface area contributed by atoms with Crippen LogP contribution in [0.25, 0.3) is 0 Å². The fourth-order valence-corrected chi connectivity index (χ4v) is 2.22. The Morgan fingerprint density at radius 3 is 2.71 bits per heavy atom. The predicted octanol–water partition coefficient (Wildman–Crippen LogP) is 3.12. The Bertz CT molecular complexity index is 388. The quantitative estimate of drug-likeness (QED) is 0.850. The third-order valence-corrected chi connectivity index (χ3v) is 3.35. The molecule has 0 bridgehead atoms. The number of halogens is 1. The molecule has 0 spiro atoms. The summed E-state index contributed by atoms with van der Waals surface area (Å²) in [4.78, 5) is 2.17. The van der Waals surface area contributed by atoms with E-state index in [1.54, 1.807) is 13.0 Å². The molecule has 0 radical (unpaired) electrons. The molecule has 0 aromatic heterocycles. The summed E-state index contributed by atoms with van der Waals surface area (Å²) in [5.74, 6) is 0.437. The second-order valence-electron chi connectivity index (χ2n) is 4.83. The van der Waals surface area contributed by atoms with Gasteiger partial charge in [-0.25, -0.2) is 4.39 Å². The van der Waals surface area contributed by atoms with Crippen molar-refractivity contribution in [2.75, 3.05) is 18.0 Å². The molecule has 3 heteroatoms. The second kappa shape index (κ2) is 5.05. The van der Waals surface area contributed by atoms with E-state index >= 15 is 0 Å². The summed E-state index contributed by atoms with van der Waals surface area (Å²) in [6, 6.07) is 5.03. The van der Waals surface area contributed by atoms with Gasteiger partial charge in [0.25, 0.3) is 0 Å². The van der Waals surface area contributed by atoms with Crippen LogP contribution in [-0.4, -0.2) is 18.2 Å². The normalized spacial score (nSPS) is 16.9. The molecule has 2 nitrogen and oxygen atoms in total. The first-order valence-corrected chi connectivity index (χ1v) is 6.35. The molecule has 0 saturated heterocycles. The Balaban J connectivity index is 2.30. The highest BCUT2D eigenvalue weighted by molar-refractivity contribution is 5.55. The molecule has 1 aliphatic carbocycles. The van der Waals surface area contributed by atoms with Gasteiger partial charge in [0.15, 0.2) is 0 Å². The van der Waals surface area contributed by atoms with E-state index in [0.29, 0.717) is 5.56 Å². The molecule has 0 amide bonds. The first-order chi connectivity index (χ1) is 8.13. The first kappa shape index (κ1) is 12.4. The minimum absolute atomic E-state index is 0.313. The summed E-state index contributed by atoms with van der Waals surface area (Å²) in [5, 5.41) is 9.71. The third-order valence-electron chi connectivity index (χ3n) is 3.35. The van der Waals surface area contributed by atoms with Crippen molar-refractivity contribution in [3.8, 4) is 0 Å². The van der Waals surface area contributed by atoms with Crippen molar-refractivity contribution < 1.29 is 9.50 Å². The van der Waals surface area contributed by atoms with Crippen molar-refractivity contribution in [1.82, 2.24) is 0 Å². The maximum absolute atomic E-state index is 13.8. The number of benzene rings is 1. The number of nitrogens with zero attached hydrogens (tertiary/aromatic N) is 1. The lowest BCUT2D eigenvalue weighted by molar-refractivity contribution is 0.194. The smallest absolute Gasteiger partial charge is 0.131 e. The second-order valence-corrected chi connectivity index (χ2v) is 4.83. The van der Waals surface area contributed by atoms with E-state index in [2.05, 4.69) is 11.8 Å². The van der Waals surface area contributed by atoms with Crippen molar-refractivity contribution in [3.63, 3.8) is 0 Å². The maximum atomic E-state index is 13.8. The van der Waals surface area contributed by atoms with Crippen LogP contribution in [0.3, 0.4) is 0 Å². The molecular formula is C14H20FNO. The van der Waals surface area contributed by atoms with Crippen LogP contribution >= 0.6 is 0 Å². The Morgan fingerprint density at radius 2 is 2.18 bits per heavy atom. The van der Waals surface area contributed by atoms with Gasteiger partial charge in [0.1, 0.15) is 5.82 Å². The Kier molecular flexibility index (Phi) is 3.67. The minimum Gasteiger partial charge on any atom is -0.389 e. The van der Waals surface area contributed by atoms with Crippen LogP contribution in [0, 0.1) is 11.7 Å². The van der Waals surface area contributed by atoms with Gasteiger partial charge in [0.05, 0.1) is 6.10 Å². The lowest BCUT2D eigenvalue weighted by atomic mass is 10.1. The Morgan fingerprint density at radius 1 is 1.47 bits per heavy atom. The predicted molar refractivity (Wildman–Crippen MR) is 67.6 cm³/mol. The average Bonchev–Trinajstić information content (AvgIpc) is 3.08. The van der Waals surface area contributed by atoms with E-state index in [1.807, 2.05) is 6.07 Å². The zero-order chi connectivity index (χ0) is 12.4. The molecule has 1 aliphatic rings. The van der Waals surface area contributed by atoms with Gasteiger partial charge >= 0.3 is 0 Å². The van der Waals surface area contributed by atoms with Crippen molar-refractivity contribution in [2.24, 2.45) is 5.92 Å². The van der Waals surface area contributed by atoms with E-state index < -0.39 is 6.10 Å². The largest absolute Gasteiger partial charge is 0.389 e. The molecule has 94 valence electrons. The number of aliphatic hydroxyl groups excluding tert-OH is 1. The molecule has 1 N–H and O–H groups in total. The highest BCUT2D eigenvalue weighted by Gasteiger charge is 2.26. The van der Waals surface area contributed by atoms with Crippen LogP contribution in [0.5, 0.6) is 0 Å². The van der Waals surface area contributed by atoms with Crippen LogP contribution in [0.4, 0.5) is 10.1 Å². The van der Waals surface area contributed by atoms with Crippen molar-refractivity contribution in [1.29, 1.82) is 0 Å². The summed E-state index contributed by atoms with van der Waals surface area (Å²) in [5.41, 5.74) is 1.27. The minimum atomic E-state index is -0.764. The van der Waals surface area contributed by atoms with E-state index in [1.165, 1.54) is 18.9 Å². The number of anilines is 1. The zero-order valence-electron chi connectivity index (χ0n) is 10.5. The molecule has 2 rings (SSSR count). The molecule has 0 aliphatic heterocycles. The Labute approximate surface area is 102 Å². The summed E-state index contributed by atoms with van der Waals surface area (Å²) < 4.78 is 13.8. The van der Waals surface area contributed by atoms with Crippen molar-refractivity contribution in [2.45, 2.75) is 32.8 Å². The fourth-order valence-electron chi connectivity index (χ4n) is 2.22. The molecular weight excluding hydrogens is 217 g/mol. The molecule has 1 saturated carbocycles. The monoisotopic (exact) mass is 237 g/mol. The average molecular weight is 237 g/mol. The molecule has 1 aromatic rings. The van der Waals surface area contributed by atoms with Gasteiger partial charge in [-0.1, -0.05) is 6.07 Å². The summed E-state index contributed by atoms with van der Waals surface area (Å²) in [7, 11) is 0. The number of rotatable bonds is 5. The lowest BCUT2D eigenvalue weighted by Gasteiger charge is -2.27. The zero-order valence-corrected chi connectivity index (χ0v) is 10.5. The van der Waals surface area contributed by atoms with Gasteiger partial charge in [-0.15, -0.1) is 0 Å².